The Balaban J connectivity index is 0.000000980. The van der Waals surface area contributed by atoms with Crippen molar-refractivity contribution in [1.29, 1.82) is 0 Å². The molecule has 1 aliphatic rings. The van der Waals surface area contributed by atoms with E-state index in [9.17, 15) is 4.39 Å². The Labute approximate surface area is 88.7 Å². The van der Waals surface area contributed by atoms with E-state index in [1.54, 1.807) is 6.07 Å². The summed E-state index contributed by atoms with van der Waals surface area (Å²) in [6.07, 6.45) is 0.926. The van der Waals surface area contributed by atoms with Gasteiger partial charge < -0.3 is 10.5 Å². The van der Waals surface area contributed by atoms with Gasteiger partial charge in [-0.2, -0.15) is 0 Å². The monoisotopic (exact) mass is 217 g/mol. The highest BCUT2D eigenvalue weighted by atomic mass is 35.5. The van der Waals surface area contributed by atoms with Gasteiger partial charge in [0.15, 0.2) is 0 Å². The van der Waals surface area contributed by atoms with Crippen molar-refractivity contribution in [2.45, 2.75) is 12.3 Å². The number of nitrogens with two attached hydrogens (primary N) is 1. The van der Waals surface area contributed by atoms with Gasteiger partial charge in [0.1, 0.15) is 11.6 Å². The van der Waals surface area contributed by atoms with Crippen molar-refractivity contribution in [1.82, 2.24) is 0 Å². The van der Waals surface area contributed by atoms with Gasteiger partial charge in [-0.3, -0.25) is 0 Å². The second-order valence-corrected chi connectivity index (χ2v) is 3.25. The van der Waals surface area contributed by atoms with Crippen LogP contribution in [-0.4, -0.2) is 13.2 Å². The Morgan fingerprint density at radius 2 is 2.29 bits per heavy atom. The number of halogens is 2. The average molecular weight is 218 g/mol. The minimum Gasteiger partial charge on any atom is -0.493 e. The average Bonchev–Trinajstić information content (AvgIpc) is 2.16. The second-order valence-electron chi connectivity index (χ2n) is 3.25. The SMILES string of the molecule is Cl.NCC1CCOc2cc(F)ccc21. The predicted octanol–water partition coefficient (Wildman–Crippen LogP) is 2.07. The van der Waals surface area contributed by atoms with Crippen LogP contribution in [0.25, 0.3) is 0 Å². The van der Waals surface area contributed by atoms with Crippen LogP contribution in [0.5, 0.6) is 5.75 Å². The van der Waals surface area contributed by atoms with E-state index in [1.165, 1.54) is 12.1 Å². The molecule has 0 bridgehead atoms. The summed E-state index contributed by atoms with van der Waals surface area (Å²) in [5, 5.41) is 0. The third-order valence-corrected chi connectivity index (χ3v) is 2.42. The third-order valence-electron chi connectivity index (χ3n) is 2.42. The molecule has 2 N–H and O–H groups in total. The van der Waals surface area contributed by atoms with E-state index in [0.29, 0.717) is 24.8 Å². The Morgan fingerprint density at radius 1 is 1.50 bits per heavy atom. The van der Waals surface area contributed by atoms with Crippen LogP contribution in [0.3, 0.4) is 0 Å². The largest absolute Gasteiger partial charge is 0.493 e. The summed E-state index contributed by atoms with van der Waals surface area (Å²) >= 11 is 0. The summed E-state index contributed by atoms with van der Waals surface area (Å²) in [5.74, 6) is 0.725. The molecule has 4 heteroatoms. The highest BCUT2D eigenvalue weighted by Crippen LogP contribution is 2.33. The summed E-state index contributed by atoms with van der Waals surface area (Å²) in [7, 11) is 0. The molecule has 0 fully saturated rings. The maximum atomic E-state index is 12.8. The first kappa shape index (κ1) is 11.3. The first-order valence-corrected chi connectivity index (χ1v) is 4.43. The molecule has 0 radical (unpaired) electrons. The summed E-state index contributed by atoms with van der Waals surface area (Å²) in [5.41, 5.74) is 6.64. The topological polar surface area (TPSA) is 35.2 Å². The molecule has 0 saturated heterocycles. The Morgan fingerprint density at radius 3 is 3.00 bits per heavy atom. The molecule has 1 heterocycles. The quantitative estimate of drug-likeness (QED) is 0.782. The smallest absolute Gasteiger partial charge is 0.126 e. The van der Waals surface area contributed by atoms with Gasteiger partial charge in [-0.1, -0.05) is 6.07 Å². The molecule has 78 valence electrons. The van der Waals surface area contributed by atoms with E-state index in [4.69, 9.17) is 10.5 Å². The first-order chi connectivity index (χ1) is 6.31. The third kappa shape index (κ3) is 1.99. The van der Waals surface area contributed by atoms with Crippen molar-refractivity contribution >= 4 is 12.4 Å². The predicted molar refractivity (Wildman–Crippen MR) is 55.6 cm³/mol. The number of fused-ring (bicyclic) bond motifs is 1. The van der Waals surface area contributed by atoms with Crippen molar-refractivity contribution in [3.8, 4) is 5.75 Å². The van der Waals surface area contributed by atoms with Crippen LogP contribution in [-0.2, 0) is 0 Å². The van der Waals surface area contributed by atoms with Crippen LogP contribution >= 0.6 is 12.4 Å². The minimum absolute atomic E-state index is 0. The molecular formula is C10H13ClFNO. The molecule has 2 rings (SSSR count). The van der Waals surface area contributed by atoms with Crippen molar-refractivity contribution in [3.05, 3.63) is 29.6 Å². The van der Waals surface area contributed by atoms with E-state index in [0.717, 1.165) is 12.0 Å². The normalized spacial score (nSPS) is 19.1. The van der Waals surface area contributed by atoms with E-state index in [2.05, 4.69) is 0 Å². The van der Waals surface area contributed by atoms with E-state index in [1.807, 2.05) is 0 Å². The first-order valence-electron chi connectivity index (χ1n) is 4.43. The van der Waals surface area contributed by atoms with Crippen molar-refractivity contribution in [3.63, 3.8) is 0 Å². The number of rotatable bonds is 1. The van der Waals surface area contributed by atoms with Crippen LogP contribution < -0.4 is 10.5 Å². The fourth-order valence-electron chi connectivity index (χ4n) is 1.68. The number of benzene rings is 1. The molecular weight excluding hydrogens is 205 g/mol. The zero-order valence-corrected chi connectivity index (χ0v) is 8.52. The molecule has 1 aromatic rings. The molecule has 1 atom stereocenters. The molecule has 0 aromatic heterocycles. The maximum Gasteiger partial charge on any atom is 0.126 e. The fraction of sp³-hybridized carbons (Fsp3) is 0.400. The molecule has 14 heavy (non-hydrogen) atoms. The van der Waals surface area contributed by atoms with Crippen LogP contribution in [0.2, 0.25) is 0 Å². The van der Waals surface area contributed by atoms with Crippen molar-refractivity contribution in [2.24, 2.45) is 5.73 Å². The molecule has 1 unspecified atom stereocenters. The van der Waals surface area contributed by atoms with Crippen molar-refractivity contribution < 1.29 is 9.13 Å². The van der Waals surface area contributed by atoms with Gasteiger partial charge in [-0.25, -0.2) is 4.39 Å². The lowest BCUT2D eigenvalue weighted by atomic mass is 9.93. The zero-order valence-electron chi connectivity index (χ0n) is 7.70. The highest BCUT2D eigenvalue weighted by Gasteiger charge is 2.20. The summed E-state index contributed by atoms with van der Waals surface area (Å²) in [4.78, 5) is 0. The fourth-order valence-corrected chi connectivity index (χ4v) is 1.68. The van der Waals surface area contributed by atoms with Crippen LogP contribution in [0.15, 0.2) is 18.2 Å². The van der Waals surface area contributed by atoms with Crippen LogP contribution in [0, 0.1) is 5.82 Å². The van der Waals surface area contributed by atoms with E-state index in [-0.39, 0.29) is 18.2 Å². The maximum absolute atomic E-state index is 12.8. The lowest BCUT2D eigenvalue weighted by molar-refractivity contribution is 0.267. The summed E-state index contributed by atoms with van der Waals surface area (Å²) in [6, 6.07) is 4.65. The van der Waals surface area contributed by atoms with Gasteiger partial charge in [0.2, 0.25) is 0 Å². The number of hydrogen-bond acceptors (Lipinski definition) is 2. The van der Waals surface area contributed by atoms with Gasteiger partial charge in [0.25, 0.3) is 0 Å². The number of hydrogen-bond donors (Lipinski definition) is 1. The molecule has 0 saturated carbocycles. The number of ether oxygens (including phenoxy) is 1. The molecule has 0 spiro atoms. The zero-order chi connectivity index (χ0) is 9.26. The van der Waals surface area contributed by atoms with Gasteiger partial charge in [-0.15, -0.1) is 12.4 Å². The second kappa shape index (κ2) is 4.62. The molecule has 1 aliphatic heterocycles. The lowest BCUT2D eigenvalue weighted by Gasteiger charge is -2.24. The minimum atomic E-state index is -0.253. The van der Waals surface area contributed by atoms with Gasteiger partial charge in [0.05, 0.1) is 6.61 Å². The van der Waals surface area contributed by atoms with Crippen LogP contribution in [0.1, 0.15) is 17.9 Å². The van der Waals surface area contributed by atoms with Gasteiger partial charge in [-0.05, 0) is 24.6 Å². The summed E-state index contributed by atoms with van der Waals surface area (Å²) in [6.45, 7) is 1.24. The van der Waals surface area contributed by atoms with E-state index < -0.39 is 0 Å². The highest BCUT2D eigenvalue weighted by molar-refractivity contribution is 5.85. The standard InChI is InChI=1S/C10H12FNO.ClH/c11-8-1-2-9-7(6-12)3-4-13-10(9)5-8;/h1-2,5,7H,3-4,6,12H2;1H. The lowest BCUT2D eigenvalue weighted by Crippen LogP contribution is -2.20. The Bertz CT molecular complexity index is 319. The van der Waals surface area contributed by atoms with Crippen molar-refractivity contribution in [2.75, 3.05) is 13.2 Å². The van der Waals surface area contributed by atoms with Gasteiger partial charge >= 0.3 is 0 Å². The molecule has 0 aliphatic carbocycles. The Kier molecular flexibility index (Phi) is 3.72. The molecule has 0 amide bonds. The van der Waals surface area contributed by atoms with Gasteiger partial charge in [0, 0.05) is 12.0 Å². The van der Waals surface area contributed by atoms with Crippen LogP contribution in [0.4, 0.5) is 4.39 Å². The molecule has 1 aromatic carbocycles. The van der Waals surface area contributed by atoms with E-state index >= 15 is 0 Å². The Hall–Kier alpha value is -0.800. The summed E-state index contributed by atoms with van der Waals surface area (Å²) < 4.78 is 18.2. The molecule has 2 nitrogen and oxygen atoms in total.